The average Bonchev–Trinajstić information content (AvgIpc) is 3.24. The van der Waals surface area contributed by atoms with Gasteiger partial charge in [-0.05, 0) is 37.1 Å². The molecule has 3 aromatic rings. The van der Waals surface area contributed by atoms with Gasteiger partial charge in [0.1, 0.15) is 0 Å². The second-order valence-electron chi connectivity index (χ2n) is 6.14. The summed E-state index contributed by atoms with van der Waals surface area (Å²) in [6, 6.07) is 7.77. The van der Waals surface area contributed by atoms with Crippen molar-refractivity contribution in [3.05, 3.63) is 48.0 Å². The largest absolute Gasteiger partial charge is 0.339 e. The summed E-state index contributed by atoms with van der Waals surface area (Å²) < 4.78 is 1.96. The summed E-state index contributed by atoms with van der Waals surface area (Å²) in [6.45, 7) is 1.56. The summed E-state index contributed by atoms with van der Waals surface area (Å²) in [4.78, 5) is 19.0. The highest BCUT2D eigenvalue weighted by molar-refractivity contribution is 5.97. The first-order chi connectivity index (χ1) is 11.2. The molecule has 4 rings (SSSR count). The van der Waals surface area contributed by atoms with E-state index in [0.29, 0.717) is 5.92 Å². The number of aromatic nitrogens is 4. The number of hydrogen-bond acceptors (Lipinski definition) is 3. The van der Waals surface area contributed by atoms with Gasteiger partial charge < -0.3 is 9.47 Å². The van der Waals surface area contributed by atoms with Crippen LogP contribution in [0.1, 0.15) is 34.8 Å². The van der Waals surface area contributed by atoms with Gasteiger partial charge in [0.25, 0.3) is 5.91 Å². The fraction of sp³-hybridized carbons (Fsp3) is 0.353. The van der Waals surface area contributed by atoms with Crippen LogP contribution in [0.4, 0.5) is 0 Å². The van der Waals surface area contributed by atoms with Gasteiger partial charge in [0.15, 0.2) is 0 Å². The van der Waals surface area contributed by atoms with Crippen molar-refractivity contribution in [2.75, 3.05) is 13.1 Å². The highest BCUT2D eigenvalue weighted by Crippen LogP contribution is 2.27. The Morgan fingerprint density at radius 3 is 2.83 bits per heavy atom. The van der Waals surface area contributed by atoms with Gasteiger partial charge in [-0.25, -0.2) is 4.98 Å². The van der Waals surface area contributed by atoms with Gasteiger partial charge in [0.2, 0.25) is 0 Å². The summed E-state index contributed by atoms with van der Waals surface area (Å²) >= 11 is 0. The van der Waals surface area contributed by atoms with E-state index in [4.69, 9.17) is 0 Å². The first kappa shape index (κ1) is 14.0. The second-order valence-corrected chi connectivity index (χ2v) is 6.14. The number of H-pyrrole nitrogens is 1. The number of carbonyl (C=O) groups excluding carboxylic acids is 1. The highest BCUT2D eigenvalue weighted by Gasteiger charge is 2.25. The van der Waals surface area contributed by atoms with E-state index in [1.165, 1.54) is 5.69 Å². The van der Waals surface area contributed by atoms with Crippen LogP contribution in [0.25, 0.3) is 11.0 Å². The highest BCUT2D eigenvalue weighted by atomic mass is 16.2. The van der Waals surface area contributed by atoms with E-state index in [9.17, 15) is 4.79 Å². The Balaban J connectivity index is 1.48. The standard InChI is InChI=1S/C17H19N5O/c1-21-11-18-15-10-13(2-3-16(15)21)17(23)22-8-5-12(6-9-22)14-4-7-19-20-14/h2-4,7,10-12H,5-6,8-9H2,1H3,(H,19,20). The predicted octanol–water partition coefficient (Wildman–Crippen LogP) is 2.32. The topological polar surface area (TPSA) is 66.8 Å². The third-order valence-electron chi connectivity index (χ3n) is 4.72. The smallest absolute Gasteiger partial charge is 0.253 e. The van der Waals surface area contributed by atoms with Crippen molar-refractivity contribution in [3.8, 4) is 0 Å². The van der Waals surface area contributed by atoms with Crippen LogP contribution in [-0.4, -0.2) is 43.6 Å². The Morgan fingerprint density at radius 2 is 2.09 bits per heavy atom. The number of amides is 1. The molecule has 0 radical (unpaired) electrons. The number of aryl methyl sites for hydroxylation is 1. The zero-order chi connectivity index (χ0) is 15.8. The Hall–Kier alpha value is -2.63. The first-order valence-electron chi connectivity index (χ1n) is 7.92. The van der Waals surface area contributed by atoms with E-state index in [2.05, 4.69) is 15.2 Å². The number of nitrogens with zero attached hydrogens (tertiary/aromatic N) is 4. The van der Waals surface area contributed by atoms with Crippen molar-refractivity contribution in [2.24, 2.45) is 7.05 Å². The number of aromatic amines is 1. The third kappa shape index (κ3) is 2.50. The molecule has 1 aliphatic heterocycles. The van der Waals surface area contributed by atoms with Crippen molar-refractivity contribution >= 4 is 16.9 Å². The van der Waals surface area contributed by atoms with Crippen LogP contribution in [0.2, 0.25) is 0 Å². The molecule has 0 aliphatic carbocycles. The van der Waals surface area contributed by atoms with Crippen LogP contribution in [0, 0.1) is 0 Å². The van der Waals surface area contributed by atoms with Crippen molar-refractivity contribution in [1.29, 1.82) is 0 Å². The van der Waals surface area contributed by atoms with Crippen LogP contribution >= 0.6 is 0 Å². The third-order valence-corrected chi connectivity index (χ3v) is 4.72. The second kappa shape index (κ2) is 5.53. The average molecular weight is 309 g/mol. The van der Waals surface area contributed by atoms with Gasteiger partial charge >= 0.3 is 0 Å². The molecule has 3 heterocycles. The Kier molecular flexibility index (Phi) is 3.37. The van der Waals surface area contributed by atoms with Gasteiger partial charge in [-0.2, -0.15) is 5.10 Å². The molecule has 0 spiro atoms. The molecule has 6 heteroatoms. The van der Waals surface area contributed by atoms with Gasteiger partial charge in [0, 0.05) is 43.5 Å². The van der Waals surface area contributed by atoms with Crippen LogP contribution in [-0.2, 0) is 7.05 Å². The molecule has 1 saturated heterocycles. The van der Waals surface area contributed by atoms with E-state index in [1.807, 2.05) is 40.8 Å². The van der Waals surface area contributed by atoms with E-state index < -0.39 is 0 Å². The summed E-state index contributed by atoms with van der Waals surface area (Å²) in [5.74, 6) is 0.570. The zero-order valence-electron chi connectivity index (χ0n) is 13.1. The molecule has 0 unspecified atom stereocenters. The van der Waals surface area contributed by atoms with Crippen molar-refractivity contribution in [1.82, 2.24) is 24.6 Å². The molecule has 0 bridgehead atoms. The normalized spacial score (nSPS) is 16.1. The minimum Gasteiger partial charge on any atom is -0.339 e. The molecule has 1 aliphatic rings. The summed E-state index contributed by atoms with van der Waals surface area (Å²) in [6.07, 6.45) is 5.50. The molecule has 0 saturated carbocycles. The maximum absolute atomic E-state index is 12.7. The van der Waals surface area contributed by atoms with E-state index in [-0.39, 0.29) is 5.91 Å². The molecular formula is C17H19N5O. The molecule has 118 valence electrons. The lowest BCUT2D eigenvalue weighted by Crippen LogP contribution is -2.38. The van der Waals surface area contributed by atoms with Gasteiger partial charge in [-0.15, -0.1) is 0 Å². The molecule has 1 amide bonds. The predicted molar refractivity (Wildman–Crippen MR) is 87.2 cm³/mol. The number of piperidine rings is 1. The van der Waals surface area contributed by atoms with Crippen molar-refractivity contribution in [3.63, 3.8) is 0 Å². The molecule has 1 aromatic carbocycles. The number of carbonyl (C=O) groups is 1. The number of fused-ring (bicyclic) bond motifs is 1. The van der Waals surface area contributed by atoms with Crippen molar-refractivity contribution < 1.29 is 4.79 Å². The zero-order valence-corrected chi connectivity index (χ0v) is 13.1. The number of benzene rings is 1. The summed E-state index contributed by atoms with van der Waals surface area (Å²) in [5.41, 5.74) is 3.80. The number of nitrogens with one attached hydrogen (secondary N) is 1. The van der Waals surface area contributed by atoms with E-state index in [1.54, 1.807) is 12.5 Å². The molecule has 6 nitrogen and oxygen atoms in total. The van der Waals surface area contributed by atoms with Gasteiger partial charge in [0.05, 0.1) is 17.4 Å². The number of rotatable bonds is 2. The maximum atomic E-state index is 12.7. The maximum Gasteiger partial charge on any atom is 0.253 e. The number of likely N-dealkylation sites (tertiary alicyclic amines) is 1. The fourth-order valence-electron chi connectivity index (χ4n) is 3.34. The first-order valence-corrected chi connectivity index (χ1v) is 7.92. The summed E-state index contributed by atoms with van der Waals surface area (Å²) in [5, 5.41) is 7.06. The minimum atomic E-state index is 0.0978. The SMILES string of the molecule is Cn1cnc2cc(C(=O)N3CCC(c4ccn[nH]4)CC3)ccc21. The van der Waals surface area contributed by atoms with Crippen LogP contribution in [0.5, 0.6) is 0 Å². The Labute approximate surface area is 134 Å². The number of hydrogen-bond donors (Lipinski definition) is 1. The lowest BCUT2D eigenvalue weighted by Gasteiger charge is -2.31. The lowest BCUT2D eigenvalue weighted by molar-refractivity contribution is 0.0712. The Bertz CT molecular complexity index is 828. The monoisotopic (exact) mass is 309 g/mol. The van der Waals surface area contributed by atoms with Gasteiger partial charge in [-0.3, -0.25) is 9.89 Å². The van der Waals surface area contributed by atoms with Crippen molar-refractivity contribution in [2.45, 2.75) is 18.8 Å². The molecule has 23 heavy (non-hydrogen) atoms. The molecule has 0 atom stereocenters. The Morgan fingerprint density at radius 1 is 1.26 bits per heavy atom. The fourth-order valence-corrected chi connectivity index (χ4v) is 3.34. The number of imidazole rings is 1. The van der Waals surface area contributed by atoms with Crippen LogP contribution in [0.3, 0.4) is 0 Å². The molecular weight excluding hydrogens is 290 g/mol. The molecule has 2 aromatic heterocycles. The van der Waals surface area contributed by atoms with E-state index in [0.717, 1.165) is 42.5 Å². The minimum absolute atomic E-state index is 0.0978. The lowest BCUT2D eigenvalue weighted by atomic mass is 9.93. The molecule has 1 N–H and O–H groups in total. The van der Waals surface area contributed by atoms with Gasteiger partial charge in [-0.1, -0.05) is 0 Å². The van der Waals surface area contributed by atoms with Crippen LogP contribution < -0.4 is 0 Å². The van der Waals surface area contributed by atoms with E-state index >= 15 is 0 Å². The summed E-state index contributed by atoms with van der Waals surface area (Å²) in [7, 11) is 1.96. The quantitative estimate of drug-likeness (QED) is 0.790. The van der Waals surface area contributed by atoms with Crippen LogP contribution in [0.15, 0.2) is 36.8 Å². The molecule has 1 fully saturated rings.